The van der Waals surface area contributed by atoms with Crippen molar-refractivity contribution in [1.82, 2.24) is 4.98 Å². The largest absolute Gasteiger partial charge is 0.507 e. The number of nitrogens with zero attached hydrogens (tertiary/aromatic N) is 1. The maximum Gasteiger partial charge on any atom is 0.335 e. The number of fused-ring (bicyclic) bond motifs is 1. The first kappa shape index (κ1) is 18.2. The molecule has 1 aromatic heterocycles. The summed E-state index contributed by atoms with van der Waals surface area (Å²) in [7, 11) is 0. The number of phenolic OH excluding ortho intramolecular Hbond substituents is 1. The van der Waals surface area contributed by atoms with Crippen LogP contribution >= 0.6 is 11.3 Å². The number of carbonyl (C=O) groups is 1. The van der Waals surface area contributed by atoms with E-state index >= 15 is 0 Å². The Hall–Kier alpha value is -2.60. The van der Waals surface area contributed by atoms with Gasteiger partial charge in [-0.25, -0.2) is 9.78 Å². The Morgan fingerprint density at radius 3 is 2.31 bits per heavy atom. The van der Waals surface area contributed by atoms with E-state index in [1.165, 1.54) is 11.3 Å². The third-order valence-corrected chi connectivity index (χ3v) is 5.32. The molecule has 0 radical (unpaired) electrons. The molecule has 1 heterocycles. The lowest BCUT2D eigenvalue weighted by molar-refractivity contribution is 0.0697. The summed E-state index contributed by atoms with van der Waals surface area (Å²) in [6.45, 7) is 8.24. The number of nitrogens with one attached hydrogen (secondary N) is 1. The Bertz CT molecular complexity index is 959. The molecule has 0 spiro atoms. The summed E-state index contributed by atoms with van der Waals surface area (Å²) < 4.78 is 0.978. The normalized spacial score (nSPS) is 11.5. The molecular weight excluding hydrogens is 348 g/mol. The molecule has 2 aromatic carbocycles. The quantitative estimate of drug-likeness (QED) is 0.537. The van der Waals surface area contributed by atoms with Crippen LogP contribution in [0.5, 0.6) is 5.75 Å². The number of hydrogen-bond acceptors (Lipinski definition) is 5. The van der Waals surface area contributed by atoms with E-state index in [4.69, 9.17) is 5.11 Å². The van der Waals surface area contributed by atoms with Crippen LogP contribution in [0.1, 0.15) is 61.0 Å². The van der Waals surface area contributed by atoms with Gasteiger partial charge in [-0.2, -0.15) is 0 Å². The number of aromatic nitrogens is 1. The molecule has 0 fully saturated rings. The fraction of sp³-hybridized carbons (Fsp3) is 0.300. The first-order valence-electron chi connectivity index (χ1n) is 8.54. The number of hydrogen-bond donors (Lipinski definition) is 3. The number of phenols is 1. The van der Waals surface area contributed by atoms with E-state index in [0.29, 0.717) is 10.9 Å². The van der Waals surface area contributed by atoms with Gasteiger partial charge in [-0.1, -0.05) is 39.0 Å². The third kappa shape index (κ3) is 3.37. The third-order valence-electron chi connectivity index (χ3n) is 4.30. The molecular formula is C20H22N2O3S. The molecule has 3 aromatic rings. The van der Waals surface area contributed by atoms with Gasteiger partial charge in [0.15, 0.2) is 5.13 Å². The number of aromatic hydroxyl groups is 1. The van der Waals surface area contributed by atoms with Gasteiger partial charge in [-0.3, -0.25) is 0 Å². The monoisotopic (exact) mass is 370 g/mol. The minimum atomic E-state index is -0.949. The van der Waals surface area contributed by atoms with Gasteiger partial charge < -0.3 is 15.5 Å². The van der Waals surface area contributed by atoms with Gasteiger partial charge in [0, 0.05) is 11.3 Å². The second-order valence-electron chi connectivity index (χ2n) is 6.91. The van der Waals surface area contributed by atoms with Crippen LogP contribution in [0.25, 0.3) is 10.2 Å². The molecule has 26 heavy (non-hydrogen) atoms. The Morgan fingerprint density at radius 2 is 1.77 bits per heavy atom. The molecule has 0 bridgehead atoms. The summed E-state index contributed by atoms with van der Waals surface area (Å²) >= 11 is 1.49. The number of anilines is 2. The second kappa shape index (κ2) is 6.96. The summed E-state index contributed by atoms with van der Waals surface area (Å²) in [6.07, 6.45) is 0. The van der Waals surface area contributed by atoms with Gasteiger partial charge in [-0.15, -0.1) is 0 Å². The van der Waals surface area contributed by atoms with Crippen molar-refractivity contribution in [2.45, 2.75) is 39.5 Å². The van der Waals surface area contributed by atoms with Crippen LogP contribution in [0.2, 0.25) is 0 Å². The summed E-state index contributed by atoms with van der Waals surface area (Å²) in [6, 6.07) is 8.50. The zero-order valence-electron chi connectivity index (χ0n) is 15.2. The van der Waals surface area contributed by atoms with Crippen LogP contribution in [0.15, 0.2) is 30.3 Å². The summed E-state index contributed by atoms with van der Waals surface area (Å²) in [4.78, 5) is 15.6. The van der Waals surface area contributed by atoms with Gasteiger partial charge in [0.1, 0.15) is 5.75 Å². The van der Waals surface area contributed by atoms with Crippen molar-refractivity contribution in [3.63, 3.8) is 0 Å². The van der Waals surface area contributed by atoms with Crippen LogP contribution in [-0.2, 0) is 0 Å². The summed E-state index contributed by atoms with van der Waals surface area (Å²) in [5.41, 5.74) is 3.72. The highest BCUT2D eigenvalue weighted by molar-refractivity contribution is 7.22. The maximum absolute atomic E-state index is 11.0. The van der Waals surface area contributed by atoms with E-state index in [-0.39, 0.29) is 17.4 Å². The van der Waals surface area contributed by atoms with E-state index < -0.39 is 5.97 Å². The number of thiazole rings is 1. The highest BCUT2D eigenvalue weighted by Crippen LogP contribution is 2.43. The highest BCUT2D eigenvalue weighted by atomic mass is 32.1. The lowest BCUT2D eigenvalue weighted by atomic mass is 9.93. The number of benzene rings is 2. The molecule has 5 nitrogen and oxygen atoms in total. The van der Waals surface area contributed by atoms with Crippen LogP contribution in [-0.4, -0.2) is 21.2 Å². The fourth-order valence-electron chi connectivity index (χ4n) is 2.95. The number of aromatic carboxylic acids is 1. The molecule has 0 saturated carbocycles. The van der Waals surface area contributed by atoms with Gasteiger partial charge in [0.2, 0.25) is 0 Å². The van der Waals surface area contributed by atoms with Crippen molar-refractivity contribution < 1.29 is 15.0 Å². The minimum Gasteiger partial charge on any atom is -0.507 e. The molecule has 0 aliphatic heterocycles. The minimum absolute atomic E-state index is 0.180. The average molecular weight is 370 g/mol. The molecule has 6 heteroatoms. The van der Waals surface area contributed by atoms with E-state index in [1.807, 2.05) is 6.07 Å². The lowest BCUT2D eigenvalue weighted by Gasteiger charge is -2.15. The Kier molecular flexibility index (Phi) is 4.87. The number of rotatable bonds is 5. The molecule has 0 aliphatic rings. The Morgan fingerprint density at radius 1 is 1.12 bits per heavy atom. The molecule has 0 amide bonds. The molecule has 0 saturated heterocycles. The van der Waals surface area contributed by atoms with Gasteiger partial charge in [0.25, 0.3) is 0 Å². The SMILES string of the molecule is CC(C)c1cc2nc(Nc3ccc(C(=O)O)cc3)sc2c(C(C)C)c1O. The zero-order chi connectivity index (χ0) is 19.0. The smallest absolute Gasteiger partial charge is 0.335 e. The predicted octanol–water partition coefficient (Wildman–Crippen LogP) is 5.69. The van der Waals surface area contributed by atoms with Gasteiger partial charge >= 0.3 is 5.97 Å². The van der Waals surface area contributed by atoms with Gasteiger partial charge in [0.05, 0.1) is 15.8 Å². The van der Waals surface area contributed by atoms with Crippen molar-refractivity contribution in [1.29, 1.82) is 0 Å². The van der Waals surface area contributed by atoms with Crippen molar-refractivity contribution in [3.8, 4) is 5.75 Å². The van der Waals surface area contributed by atoms with E-state index in [0.717, 1.165) is 27.0 Å². The topological polar surface area (TPSA) is 82.5 Å². The van der Waals surface area contributed by atoms with Gasteiger partial charge in [-0.05, 0) is 47.7 Å². The lowest BCUT2D eigenvalue weighted by Crippen LogP contribution is -1.96. The predicted molar refractivity (Wildman–Crippen MR) is 106 cm³/mol. The number of carboxylic acid groups (broad SMARTS) is 1. The Balaban J connectivity index is 2.03. The first-order chi connectivity index (χ1) is 12.3. The number of carboxylic acids is 1. The van der Waals surface area contributed by atoms with Crippen molar-refractivity contribution in [2.24, 2.45) is 0 Å². The standard InChI is InChI=1S/C20H22N2O3S/c1-10(2)14-9-15-18(16(11(3)4)17(14)23)26-20(22-15)21-13-7-5-12(6-8-13)19(24)25/h5-11,23H,1-4H3,(H,21,22)(H,24,25). The molecule has 0 unspecified atom stereocenters. The average Bonchev–Trinajstić information content (AvgIpc) is 2.95. The highest BCUT2D eigenvalue weighted by Gasteiger charge is 2.20. The van der Waals surface area contributed by atoms with Crippen LogP contribution < -0.4 is 5.32 Å². The van der Waals surface area contributed by atoms with Crippen molar-refractivity contribution in [2.75, 3.05) is 5.32 Å². The van der Waals surface area contributed by atoms with E-state index in [1.54, 1.807) is 24.3 Å². The molecule has 0 atom stereocenters. The van der Waals surface area contributed by atoms with E-state index in [2.05, 4.69) is 38.0 Å². The van der Waals surface area contributed by atoms with E-state index in [9.17, 15) is 9.90 Å². The second-order valence-corrected chi connectivity index (χ2v) is 7.91. The zero-order valence-corrected chi connectivity index (χ0v) is 16.0. The molecule has 136 valence electrons. The van der Waals surface area contributed by atoms with Crippen LogP contribution in [0, 0.1) is 0 Å². The fourth-order valence-corrected chi connectivity index (χ4v) is 4.11. The van der Waals surface area contributed by atoms with Crippen molar-refractivity contribution in [3.05, 3.63) is 47.0 Å². The van der Waals surface area contributed by atoms with Crippen molar-refractivity contribution >= 4 is 38.3 Å². The molecule has 3 rings (SSSR count). The first-order valence-corrected chi connectivity index (χ1v) is 9.36. The maximum atomic E-state index is 11.0. The van der Waals surface area contributed by atoms with Crippen LogP contribution in [0.3, 0.4) is 0 Å². The Labute approximate surface area is 156 Å². The summed E-state index contributed by atoms with van der Waals surface area (Å²) in [5.74, 6) is -0.198. The molecule has 0 aliphatic carbocycles. The summed E-state index contributed by atoms with van der Waals surface area (Å²) in [5, 5.41) is 23.6. The van der Waals surface area contributed by atoms with Crippen LogP contribution in [0.4, 0.5) is 10.8 Å². The molecule has 3 N–H and O–H groups in total.